The van der Waals surface area contributed by atoms with E-state index in [0.717, 1.165) is 18.6 Å². The Morgan fingerprint density at radius 2 is 2.03 bits per heavy atom. The maximum absolute atomic E-state index is 12.3. The molecule has 2 aliphatic carbocycles. The highest BCUT2D eigenvalue weighted by Gasteiger charge is 2.61. The van der Waals surface area contributed by atoms with Gasteiger partial charge in [-0.15, -0.1) is 0 Å². The summed E-state index contributed by atoms with van der Waals surface area (Å²) in [5.41, 5.74) is 1.05. The zero-order chi connectivity index (χ0) is 23.3. The van der Waals surface area contributed by atoms with E-state index in [0.29, 0.717) is 22.7 Å². The van der Waals surface area contributed by atoms with E-state index in [1.807, 2.05) is 19.1 Å². The first kappa shape index (κ1) is 21.4. The molecule has 0 aromatic carbocycles. The third-order valence-corrected chi connectivity index (χ3v) is 6.70. The lowest BCUT2D eigenvalue weighted by Crippen LogP contribution is -2.50. The molecular weight excluding hydrogens is 424 g/mol. The van der Waals surface area contributed by atoms with Gasteiger partial charge in [0.1, 0.15) is 11.9 Å². The first-order chi connectivity index (χ1) is 16.0. The number of aliphatic hydroxyl groups is 2. The van der Waals surface area contributed by atoms with Crippen LogP contribution >= 0.6 is 0 Å². The molecule has 3 aromatic rings. The van der Waals surface area contributed by atoms with Crippen molar-refractivity contribution in [2.24, 2.45) is 17.8 Å². The number of rotatable bonds is 4. The van der Waals surface area contributed by atoms with Crippen molar-refractivity contribution < 1.29 is 19.4 Å². The van der Waals surface area contributed by atoms with Crippen molar-refractivity contribution in [2.75, 3.05) is 19.4 Å². The second-order valence-electron chi connectivity index (χ2n) is 8.51. The zero-order valence-electron chi connectivity index (χ0n) is 18.6. The topological polar surface area (TPSA) is 138 Å². The number of hydrogen-bond acceptors (Lipinski definition) is 8. The number of aromatic nitrogens is 4. The van der Waals surface area contributed by atoms with Crippen molar-refractivity contribution in [1.29, 1.82) is 0 Å². The molecule has 6 atom stereocenters. The first-order valence-corrected chi connectivity index (χ1v) is 11.1. The number of carbonyl (C=O) groups is 1. The number of fused-ring (bicyclic) bond motifs is 2. The fraction of sp³-hybridized carbons (Fsp3) is 0.478. The highest BCUT2D eigenvalue weighted by atomic mass is 16.3. The van der Waals surface area contributed by atoms with Gasteiger partial charge in [-0.3, -0.25) is 4.79 Å². The van der Waals surface area contributed by atoms with Crippen LogP contribution in [-0.2, 0) is 11.2 Å². The third kappa shape index (κ3) is 3.53. The number of hydrogen-bond donors (Lipinski definition) is 4. The number of furan rings is 1. The smallest absolute Gasteiger partial charge is 0.225 e. The minimum Gasteiger partial charge on any atom is -0.453 e. The molecule has 0 radical (unpaired) electrons. The molecule has 3 heterocycles. The van der Waals surface area contributed by atoms with Crippen LogP contribution in [-0.4, -0.2) is 61.9 Å². The monoisotopic (exact) mass is 450 g/mol. The summed E-state index contributed by atoms with van der Waals surface area (Å²) in [6.07, 6.45) is 0.824. The van der Waals surface area contributed by atoms with Gasteiger partial charge in [0.05, 0.1) is 24.4 Å². The maximum Gasteiger partial charge on any atom is 0.225 e. The largest absolute Gasteiger partial charge is 0.453 e. The van der Waals surface area contributed by atoms with E-state index in [1.54, 1.807) is 25.0 Å². The number of anilines is 1. The standard InChI is InChI=1S/C23H26N6O4/c1-4-11-5-6-12(33-11)7-8-15-27-21(24-2)17-22(28-15)29(10-26-17)18-14-9-13(14)16(23(32)25-3)19(30)20(18)31/h5-6,10,13-14,16,18-20,30-31H,4,9H2,1-3H3,(H,25,32)(H,24,27,28)/t13-,14?,16+,18-,19-,20+/m1/s1. The molecule has 0 saturated heterocycles. The van der Waals surface area contributed by atoms with E-state index in [9.17, 15) is 15.0 Å². The van der Waals surface area contributed by atoms with Gasteiger partial charge in [0.2, 0.25) is 11.7 Å². The molecule has 5 rings (SSSR count). The van der Waals surface area contributed by atoms with Crippen LogP contribution in [0, 0.1) is 29.6 Å². The lowest BCUT2D eigenvalue weighted by Gasteiger charge is -2.36. The molecule has 2 saturated carbocycles. The van der Waals surface area contributed by atoms with Crippen LogP contribution < -0.4 is 10.6 Å². The molecule has 172 valence electrons. The van der Waals surface area contributed by atoms with E-state index in [-0.39, 0.29) is 23.6 Å². The summed E-state index contributed by atoms with van der Waals surface area (Å²) in [7, 11) is 3.28. The lowest BCUT2D eigenvalue weighted by atomic mass is 9.80. The molecule has 3 aromatic heterocycles. The Hall–Kier alpha value is -3.42. The molecule has 10 nitrogen and oxygen atoms in total. The van der Waals surface area contributed by atoms with Crippen molar-refractivity contribution >= 4 is 22.9 Å². The molecule has 0 spiro atoms. The van der Waals surface area contributed by atoms with Gasteiger partial charge >= 0.3 is 0 Å². The Balaban J connectivity index is 1.53. The van der Waals surface area contributed by atoms with Crippen LogP contribution in [0.5, 0.6) is 0 Å². The van der Waals surface area contributed by atoms with Crippen LogP contribution in [0.25, 0.3) is 11.2 Å². The van der Waals surface area contributed by atoms with Crippen LogP contribution in [0.1, 0.15) is 36.7 Å². The predicted molar refractivity (Wildman–Crippen MR) is 119 cm³/mol. The van der Waals surface area contributed by atoms with Crippen LogP contribution in [0.15, 0.2) is 22.9 Å². The van der Waals surface area contributed by atoms with Crippen molar-refractivity contribution in [2.45, 2.75) is 38.0 Å². The molecule has 2 fully saturated rings. The third-order valence-electron chi connectivity index (χ3n) is 6.70. The zero-order valence-corrected chi connectivity index (χ0v) is 18.6. The van der Waals surface area contributed by atoms with Crippen molar-refractivity contribution in [3.05, 3.63) is 35.8 Å². The molecule has 1 amide bonds. The van der Waals surface area contributed by atoms with Gasteiger partial charge in [0.15, 0.2) is 22.7 Å². The normalized spacial score (nSPS) is 28.0. The van der Waals surface area contributed by atoms with Crippen LogP contribution in [0.2, 0.25) is 0 Å². The van der Waals surface area contributed by atoms with Gasteiger partial charge in [-0.05, 0) is 42.2 Å². The fourth-order valence-corrected chi connectivity index (χ4v) is 4.97. The highest BCUT2D eigenvalue weighted by Crippen LogP contribution is 2.58. The number of imidazole rings is 1. The molecule has 0 bridgehead atoms. The van der Waals surface area contributed by atoms with E-state index in [4.69, 9.17) is 4.42 Å². The van der Waals surface area contributed by atoms with Gasteiger partial charge in [-0.2, -0.15) is 0 Å². The Morgan fingerprint density at radius 3 is 2.73 bits per heavy atom. The molecule has 4 N–H and O–H groups in total. The second kappa shape index (κ2) is 8.17. The summed E-state index contributed by atoms with van der Waals surface area (Å²) < 4.78 is 7.41. The average molecular weight is 450 g/mol. The Morgan fingerprint density at radius 1 is 1.21 bits per heavy atom. The highest BCUT2D eigenvalue weighted by molar-refractivity contribution is 5.83. The Labute approximate surface area is 190 Å². The van der Waals surface area contributed by atoms with E-state index >= 15 is 0 Å². The number of aliphatic hydroxyl groups excluding tert-OH is 2. The summed E-state index contributed by atoms with van der Waals surface area (Å²) in [6, 6.07) is 3.24. The van der Waals surface area contributed by atoms with E-state index < -0.39 is 24.2 Å². The van der Waals surface area contributed by atoms with Crippen LogP contribution in [0.3, 0.4) is 0 Å². The minimum absolute atomic E-state index is 0.00221. The van der Waals surface area contributed by atoms with E-state index in [2.05, 4.69) is 37.4 Å². The van der Waals surface area contributed by atoms with Gasteiger partial charge in [-0.1, -0.05) is 6.92 Å². The number of nitrogens with zero attached hydrogens (tertiary/aromatic N) is 4. The Kier molecular flexibility index (Phi) is 5.31. The molecule has 33 heavy (non-hydrogen) atoms. The van der Waals surface area contributed by atoms with Gasteiger partial charge < -0.3 is 29.8 Å². The maximum atomic E-state index is 12.3. The van der Waals surface area contributed by atoms with Crippen molar-refractivity contribution in [3.8, 4) is 11.8 Å². The molecule has 10 heteroatoms. The van der Waals surface area contributed by atoms with E-state index in [1.165, 1.54) is 0 Å². The summed E-state index contributed by atoms with van der Waals surface area (Å²) in [5, 5.41) is 27.3. The number of aryl methyl sites for hydroxylation is 1. The lowest BCUT2D eigenvalue weighted by molar-refractivity contribution is -0.139. The summed E-state index contributed by atoms with van der Waals surface area (Å²) >= 11 is 0. The fourth-order valence-electron chi connectivity index (χ4n) is 4.97. The first-order valence-electron chi connectivity index (χ1n) is 11.1. The number of amides is 1. The second-order valence-corrected chi connectivity index (χ2v) is 8.51. The Bertz CT molecular complexity index is 1270. The summed E-state index contributed by atoms with van der Waals surface area (Å²) in [4.78, 5) is 25.8. The van der Waals surface area contributed by atoms with Gasteiger partial charge in [-0.25, -0.2) is 15.0 Å². The van der Waals surface area contributed by atoms with Gasteiger partial charge in [0, 0.05) is 20.5 Å². The number of nitrogens with one attached hydrogen (secondary N) is 2. The van der Waals surface area contributed by atoms with Crippen LogP contribution in [0.4, 0.5) is 5.82 Å². The summed E-state index contributed by atoms with van der Waals surface area (Å²) in [6.45, 7) is 2.01. The van der Waals surface area contributed by atoms with Crippen molar-refractivity contribution in [1.82, 2.24) is 24.8 Å². The SMILES string of the molecule is CCc1ccc(C#Cc2nc(NC)c3ncn([C@@H]4C5C[C@H]5[C@H](C(=O)NC)[C@@H](O)[C@H]4O)c3n2)o1. The molecule has 2 aliphatic rings. The van der Waals surface area contributed by atoms with Crippen molar-refractivity contribution in [3.63, 3.8) is 0 Å². The molecule has 1 unspecified atom stereocenters. The van der Waals surface area contributed by atoms with Gasteiger partial charge in [0.25, 0.3) is 0 Å². The quantitative estimate of drug-likeness (QED) is 0.426. The molecular formula is C23H26N6O4. The summed E-state index contributed by atoms with van der Waals surface area (Å²) in [5.74, 6) is 7.25. The minimum atomic E-state index is -1.17. The average Bonchev–Trinajstić information content (AvgIpc) is 3.26. The number of carbonyl (C=O) groups excluding carboxylic acids is 1. The molecule has 0 aliphatic heterocycles. The predicted octanol–water partition coefficient (Wildman–Crippen LogP) is 0.698.